The van der Waals surface area contributed by atoms with Gasteiger partial charge in [-0.3, -0.25) is 9.69 Å². The molecule has 3 aromatic heterocycles. The highest BCUT2D eigenvalue weighted by Gasteiger charge is 2.55. The largest absolute Gasteiger partial charge is 0.447 e. The molecule has 20 heteroatoms. The number of benzene rings is 2. The molecule has 5 aromatic rings. The van der Waals surface area contributed by atoms with E-state index in [0.29, 0.717) is 23.7 Å². The van der Waals surface area contributed by atoms with Crippen LogP contribution in [-0.2, 0) is 26.4 Å². The molecule has 1 aliphatic rings. The van der Waals surface area contributed by atoms with Gasteiger partial charge in [0.05, 0.1) is 16.8 Å². The summed E-state index contributed by atoms with van der Waals surface area (Å²) in [6.07, 6.45) is -4.67. The molecule has 0 unspecified atom stereocenters. The molecule has 6 rings (SSSR count). The number of rotatable bonds is 11. The molecule has 1 fully saturated rings. The molecule has 306 valence electrons. The molecule has 3 atom stereocenters. The van der Waals surface area contributed by atoms with Gasteiger partial charge in [-0.1, -0.05) is 74.8 Å². The van der Waals surface area contributed by atoms with Crippen molar-refractivity contribution in [3.8, 4) is 5.69 Å². The Labute approximate surface area is 333 Å². The second-order valence-corrected chi connectivity index (χ2v) is 15.0. The normalized spacial score (nSPS) is 17.7. The van der Waals surface area contributed by atoms with E-state index in [9.17, 15) is 31.5 Å². The molecular formula is C38H37ClF5N9O5. The summed E-state index contributed by atoms with van der Waals surface area (Å²) in [4.78, 5) is 54.9. The van der Waals surface area contributed by atoms with Crippen molar-refractivity contribution in [3.63, 3.8) is 0 Å². The van der Waals surface area contributed by atoms with E-state index in [1.807, 2.05) is 20.8 Å². The van der Waals surface area contributed by atoms with Crippen molar-refractivity contribution >= 4 is 41.3 Å². The predicted molar refractivity (Wildman–Crippen MR) is 199 cm³/mol. The molecule has 1 aliphatic heterocycles. The van der Waals surface area contributed by atoms with Crippen LogP contribution in [0.4, 0.5) is 31.5 Å². The fourth-order valence-electron chi connectivity index (χ4n) is 6.46. The Morgan fingerprint density at radius 2 is 1.78 bits per heavy atom. The van der Waals surface area contributed by atoms with E-state index in [1.165, 1.54) is 18.2 Å². The van der Waals surface area contributed by atoms with Crippen molar-refractivity contribution < 1.29 is 45.8 Å². The number of nitrogens with zero attached hydrogens (tertiary/aromatic N) is 7. The third kappa shape index (κ3) is 9.03. The lowest BCUT2D eigenvalue weighted by Gasteiger charge is -2.35. The Kier molecular flexibility index (Phi) is 11.7. The highest BCUT2D eigenvalue weighted by Crippen LogP contribution is 2.43. The Morgan fingerprint density at radius 3 is 2.47 bits per heavy atom. The van der Waals surface area contributed by atoms with E-state index in [4.69, 9.17) is 21.1 Å². The lowest BCUT2D eigenvalue weighted by atomic mass is 9.76. The van der Waals surface area contributed by atoms with E-state index in [-0.39, 0.29) is 35.3 Å². The van der Waals surface area contributed by atoms with Gasteiger partial charge >= 0.3 is 18.4 Å². The Bertz CT molecular complexity index is 2330. The number of halogens is 6. The number of hydrogen-bond donors (Lipinski definition) is 2. The summed E-state index contributed by atoms with van der Waals surface area (Å²) < 4.78 is 81.5. The first kappa shape index (κ1) is 41.5. The lowest BCUT2D eigenvalue weighted by molar-refractivity contribution is -0.150. The maximum absolute atomic E-state index is 15.4. The highest BCUT2D eigenvalue weighted by molar-refractivity contribution is 6.32. The highest BCUT2D eigenvalue weighted by atomic mass is 35.5. The minimum absolute atomic E-state index is 0.0592. The van der Waals surface area contributed by atoms with Gasteiger partial charge in [0.1, 0.15) is 36.8 Å². The number of aliphatic imine (C=N–C) groups is 1. The predicted octanol–water partition coefficient (Wildman–Crippen LogP) is 7.68. The van der Waals surface area contributed by atoms with Gasteiger partial charge in [-0.25, -0.2) is 33.0 Å². The number of aromatic nitrogens is 5. The monoisotopic (exact) mass is 829 g/mol. The molecule has 4 heterocycles. The molecule has 2 N–H and O–H groups in total. The molecule has 0 saturated carbocycles. The molecule has 0 aliphatic carbocycles. The van der Waals surface area contributed by atoms with Crippen LogP contribution in [0.5, 0.6) is 0 Å². The van der Waals surface area contributed by atoms with E-state index >= 15 is 4.79 Å². The number of alkyl carbamates (subject to hydrolysis) is 1. The number of alkyl halides is 5. The summed E-state index contributed by atoms with van der Waals surface area (Å²) in [7, 11) is 0. The Hall–Kier alpha value is -6.11. The van der Waals surface area contributed by atoms with Crippen LogP contribution in [-0.4, -0.2) is 71.9 Å². The second-order valence-electron chi connectivity index (χ2n) is 14.6. The number of pyridine rings is 1. The summed E-state index contributed by atoms with van der Waals surface area (Å²) in [6.45, 7) is 5.32. The number of nitrogens with one attached hydrogen (secondary N) is 2. The Balaban J connectivity index is 1.51. The van der Waals surface area contributed by atoms with Crippen LogP contribution in [0.3, 0.4) is 0 Å². The standard InChI is InChI=1S/C38H37ClF5N9O5/c1-22(38(42,43)44)48-34(55)58-19-28(24-10-12-26(39)27(16-24)53-31(30(40)41)46-21-47-53)52-32(54)37(20-36(2,3)4,25-11-13-29-45-14-15-51(29)17-25)50-33(52)49-35(56)57-18-23-8-6-5-7-9-23/h5-17,21-22,28,30H,18-20H2,1-4H3,(H,48,55)(H,49,50,56)/t22-,28+,37+/m0/s1. The first-order chi connectivity index (χ1) is 27.4. The van der Waals surface area contributed by atoms with Crippen molar-refractivity contribution in [2.45, 2.75) is 70.9 Å². The van der Waals surface area contributed by atoms with Crippen LogP contribution in [0.15, 0.2) is 90.6 Å². The fourth-order valence-corrected chi connectivity index (χ4v) is 6.66. The third-order valence-corrected chi connectivity index (χ3v) is 9.40. The molecule has 0 spiro atoms. The van der Waals surface area contributed by atoms with Crippen molar-refractivity contribution in [1.29, 1.82) is 0 Å². The zero-order valence-electron chi connectivity index (χ0n) is 31.4. The maximum Gasteiger partial charge on any atom is 0.437 e. The van der Waals surface area contributed by atoms with Crippen molar-refractivity contribution in [1.82, 2.24) is 39.7 Å². The average molecular weight is 830 g/mol. The number of guanidine groups is 1. The van der Waals surface area contributed by atoms with Gasteiger partial charge in [-0.2, -0.15) is 18.3 Å². The quantitative estimate of drug-likeness (QED) is 0.128. The first-order valence-electron chi connectivity index (χ1n) is 17.7. The summed E-state index contributed by atoms with van der Waals surface area (Å²) in [5, 5.41) is 8.69. The summed E-state index contributed by atoms with van der Waals surface area (Å²) in [6, 6.07) is 12.2. The molecule has 0 bridgehead atoms. The van der Waals surface area contributed by atoms with Gasteiger partial charge in [0.15, 0.2) is 5.82 Å². The van der Waals surface area contributed by atoms with Crippen molar-refractivity contribution in [2.75, 3.05) is 6.61 Å². The molecule has 14 nitrogen and oxygen atoms in total. The molecular weight excluding hydrogens is 793 g/mol. The van der Waals surface area contributed by atoms with Crippen molar-refractivity contribution in [2.24, 2.45) is 10.4 Å². The lowest BCUT2D eigenvalue weighted by Crippen LogP contribution is -2.47. The number of carbonyl (C=O) groups excluding carboxylic acids is 3. The number of hydrogen-bond acceptors (Lipinski definition) is 8. The molecule has 1 saturated heterocycles. The number of carbonyl (C=O) groups is 3. The smallest absolute Gasteiger partial charge is 0.437 e. The number of amides is 3. The first-order valence-corrected chi connectivity index (χ1v) is 18.1. The van der Waals surface area contributed by atoms with E-state index in [1.54, 1.807) is 70.8 Å². The Morgan fingerprint density at radius 1 is 1.03 bits per heavy atom. The number of fused-ring (bicyclic) bond motifs is 1. The van der Waals surface area contributed by atoms with Gasteiger partial charge in [0, 0.05) is 24.2 Å². The zero-order valence-corrected chi connectivity index (χ0v) is 32.1. The minimum Gasteiger partial charge on any atom is -0.447 e. The van der Waals surface area contributed by atoms with Crippen LogP contribution in [0, 0.1) is 5.41 Å². The van der Waals surface area contributed by atoms with Crippen LogP contribution in [0.2, 0.25) is 5.02 Å². The average Bonchev–Trinajstić information content (AvgIpc) is 3.90. The fraction of sp³-hybridized carbons (Fsp3) is 0.342. The minimum atomic E-state index is -4.82. The molecule has 3 amide bonds. The SMILES string of the molecule is C[C@H](NC(=O)OC[C@H](c1ccc(Cl)c(-n2ncnc2C(F)F)c1)N1C(=O)[C@@](CC(C)(C)C)(c2ccc3nccn3c2)N/C1=N\C(=O)OCc1ccccc1)C(F)(F)F. The molecule has 2 aromatic carbocycles. The second kappa shape index (κ2) is 16.4. The van der Waals surface area contributed by atoms with Crippen LogP contribution in [0.1, 0.15) is 69.1 Å². The van der Waals surface area contributed by atoms with Crippen LogP contribution >= 0.6 is 11.6 Å². The van der Waals surface area contributed by atoms with E-state index < -0.39 is 66.2 Å². The van der Waals surface area contributed by atoms with Gasteiger partial charge in [-0.15, -0.1) is 4.99 Å². The number of ether oxygens (including phenoxy) is 2. The van der Waals surface area contributed by atoms with Gasteiger partial charge < -0.3 is 24.5 Å². The van der Waals surface area contributed by atoms with Gasteiger partial charge in [-0.05, 0) is 48.1 Å². The van der Waals surface area contributed by atoms with Gasteiger partial charge in [0.2, 0.25) is 5.96 Å². The maximum atomic E-state index is 15.4. The molecule has 58 heavy (non-hydrogen) atoms. The topological polar surface area (TPSA) is 157 Å². The van der Waals surface area contributed by atoms with Crippen LogP contribution < -0.4 is 10.6 Å². The van der Waals surface area contributed by atoms with Gasteiger partial charge in [0.25, 0.3) is 12.3 Å². The van der Waals surface area contributed by atoms with Crippen LogP contribution in [0.25, 0.3) is 11.3 Å². The third-order valence-electron chi connectivity index (χ3n) is 9.08. The summed E-state index contributed by atoms with van der Waals surface area (Å²) in [5.41, 5.74) is -0.760. The van der Waals surface area contributed by atoms with E-state index in [2.05, 4.69) is 25.4 Å². The van der Waals surface area contributed by atoms with Crippen molar-refractivity contribution in [3.05, 3.63) is 113 Å². The number of imidazole rings is 1. The summed E-state index contributed by atoms with van der Waals surface area (Å²) in [5.74, 6) is -1.87. The summed E-state index contributed by atoms with van der Waals surface area (Å²) >= 11 is 6.48. The molecule has 0 radical (unpaired) electrons. The zero-order chi connectivity index (χ0) is 42.0. The van der Waals surface area contributed by atoms with E-state index in [0.717, 1.165) is 15.9 Å².